The highest BCUT2D eigenvalue weighted by Gasteiger charge is 2.27. The lowest BCUT2D eigenvalue weighted by molar-refractivity contribution is 0.418. The zero-order valence-corrected chi connectivity index (χ0v) is 13.5. The Kier molecular flexibility index (Phi) is 5.95. The third-order valence-electron chi connectivity index (χ3n) is 2.89. The molecule has 0 saturated heterocycles. The zero-order valence-electron chi connectivity index (χ0n) is 12.7. The average Bonchev–Trinajstić information content (AvgIpc) is 2.35. The van der Waals surface area contributed by atoms with Crippen molar-refractivity contribution in [2.24, 2.45) is 0 Å². The Bertz CT molecular complexity index is 527. The van der Waals surface area contributed by atoms with Gasteiger partial charge in [0.15, 0.2) is 0 Å². The number of pyridine rings is 1. The van der Waals surface area contributed by atoms with E-state index in [1.54, 1.807) is 18.3 Å². The van der Waals surface area contributed by atoms with Crippen molar-refractivity contribution in [3.8, 4) is 0 Å². The van der Waals surface area contributed by atoms with Gasteiger partial charge in [-0.05, 0) is 38.8 Å². The van der Waals surface area contributed by atoms with Crippen LogP contribution in [0.1, 0.15) is 47.0 Å². The number of nitrogens with zero attached hydrogens (tertiary/aromatic N) is 1. The van der Waals surface area contributed by atoms with Crippen molar-refractivity contribution in [1.29, 1.82) is 0 Å². The van der Waals surface area contributed by atoms with Crippen molar-refractivity contribution in [1.82, 2.24) is 9.71 Å². The van der Waals surface area contributed by atoms with E-state index in [4.69, 9.17) is 0 Å². The average molecular weight is 299 g/mol. The van der Waals surface area contributed by atoms with E-state index in [1.807, 2.05) is 27.7 Å². The molecule has 0 aromatic carbocycles. The van der Waals surface area contributed by atoms with Gasteiger partial charge in [-0.15, -0.1) is 0 Å². The van der Waals surface area contributed by atoms with Crippen molar-refractivity contribution in [3.05, 3.63) is 18.3 Å². The number of anilines is 1. The first kappa shape index (κ1) is 16.9. The summed E-state index contributed by atoms with van der Waals surface area (Å²) in [6.07, 6.45) is 4.20. The van der Waals surface area contributed by atoms with E-state index < -0.39 is 15.6 Å². The fourth-order valence-electron chi connectivity index (χ4n) is 2.08. The molecule has 0 spiro atoms. The quantitative estimate of drug-likeness (QED) is 0.774. The monoisotopic (exact) mass is 299 g/mol. The lowest BCUT2D eigenvalue weighted by Gasteiger charge is -2.25. The van der Waals surface area contributed by atoms with Gasteiger partial charge in [0.05, 0.1) is 0 Å². The molecule has 0 unspecified atom stereocenters. The van der Waals surface area contributed by atoms with E-state index in [9.17, 15) is 8.42 Å². The summed E-state index contributed by atoms with van der Waals surface area (Å²) < 4.78 is 27.8. The molecule has 0 atom stereocenters. The summed E-state index contributed by atoms with van der Waals surface area (Å²) in [4.78, 5) is 4.33. The molecule has 1 heterocycles. The number of hydrogen-bond acceptors (Lipinski definition) is 4. The van der Waals surface area contributed by atoms with Crippen LogP contribution in [0.5, 0.6) is 0 Å². The van der Waals surface area contributed by atoms with Gasteiger partial charge in [0.1, 0.15) is 10.7 Å². The lowest BCUT2D eigenvalue weighted by Crippen LogP contribution is -2.43. The molecule has 0 bridgehead atoms. The van der Waals surface area contributed by atoms with Gasteiger partial charge in [-0.1, -0.05) is 20.3 Å². The Hall–Kier alpha value is -1.14. The number of sulfonamides is 1. The summed E-state index contributed by atoms with van der Waals surface area (Å²) in [7, 11) is -3.58. The standard InChI is InChI=1S/C14H25N3O2S/c1-5-9-14(3,4)17-20(18,19)12-8-7-11-16-13(12)15-10-6-2/h7-8,11,17H,5-6,9-10H2,1-4H3,(H,15,16). The van der Waals surface area contributed by atoms with E-state index in [-0.39, 0.29) is 4.90 Å². The SMILES string of the molecule is CCCNc1ncccc1S(=O)(=O)NC(C)(C)CCC. The van der Waals surface area contributed by atoms with Crippen molar-refractivity contribution >= 4 is 15.8 Å². The second kappa shape index (κ2) is 7.04. The third kappa shape index (κ3) is 4.76. The van der Waals surface area contributed by atoms with Crippen LogP contribution >= 0.6 is 0 Å². The minimum absolute atomic E-state index is 0.206. The van der Waals surface area contributed by atoms with Gasteiger partial charge in [0.2, 0.25) is 10.0 Å². The molecular formula is C14H25N3O2S. The number of rotatable bonds is 8. The number of aromatic nitrogens is 1. The second-order valence-corrected chi connectivity index (χ2v) is 7.17. The predicted octanol–water partition coefficient (Wildman–Crippen LogP) is 2.76. The first-order valence-electron chi connectivity index (χ1n) is 7.05. The molecule has 0 fully saturated rings. The summed E-state index contributed by atoms with van der Waals surface area (Å²) in [5.41, 5.74) is -0.467. The van der Waals surface area contributed by atoms with E-state index in [2.05, 4.69) is 15.0 Å². The molecule has 0 aliphatic heterocycles. The van der Waals surface area contributed by atoms with Gasteiger partial charge in [0.25, 0.3) is 0 Å². The molecule has 0 saturated carbocycles. The van der Waals surface area contributed by atoms with Gasteiger partial charge in [-0.3, -0.25) is 0 Å². The Morgan fingerprint density at radius 1 is 1.25 bits per heavy atom. The predicted molar refractivity (Wildman–Crippen MR) is 82.3 cm³/mol. The van der Waals surface area contributed by atoms with Crippen LogP contribution in [0, 0.1) is 0 Å². The molecule has 0 radical (unpaired) electrons. The van der Waals surface area contributed by atoms with Crippen molar-refractivity contribution < 1.29 is 8.42 Å². The van der Waals surface area contributed by atoms with E-state index in [0.717, 1.165) is 19.3 Å². The molecule has 6 heteroatoms. The number of nitrogens with one attached hydrogen (secondary N) is 2. The van der Waals surface area contributed by atoms with Crippen LogP contribution in [0.15, 0.2) is 23.2 Å². The summed E-state index contributed by atoms with van der Waals surface area (Å²) in [5.74, 6) is 0.411. The molecule has 0 amide bonds. The fourth-order valence-corrected chi connectivity index (χ4v) is 3.65. The maximum absolute atomic E-state index is 12.5. The minimum Gasteiger partial charge on any atom is -0.369 e. The molecule has 20 heavy (non-hydrogen) atoms. The molecule has 0 aliphatic carbocycles. The maximum Gasteiger partial charge on any atom is 0.244 e. The van der Waals surface area contributed by atoms with Gasteiger partial charge in [0, 0.05) is 18.3 Å². The Morgan fingerprint density at radius 3 is 2.55 bits per heavy atom. The van der Waals surface area contributed by atoms with Crippen LogP contribution < -0.4 is 10.0 Å². The summed E-state index contributed by atoms with van der Waals surface area (Å²) in [6.45, 7) is 8.53. The minimum atomic E-state index is -3.58. The molecule has 1 rings (SSSR count). The van der Waals surface area contributed by atoms with Crippen LogP contribution in [-0.2, 0) is 10.0 Å². The molecule has 114 valence electrons. The summed E-state index contributed by atoms with van der Waals surface area (Å²) in [5, 5.41) is 3.06. The van der Waals surface area contributed by atoms with Crippen molar-refractivity contribution in [2.75, 3.05) is 11.9 Å². The molecule has 1 aromatic rings. The van der Waals surface area contributed by atoms with Crippen LogP contribution in [0.25, 0.3) is 0 Å². The van der Waals surface area contributed by atoms with Gasteiger partial charge < -0.3 is 5.32 Å². The maximum atomic E-state index is 12.5. The fraction of sp³-hybridized carbons (Fsp3) is 0.643. The first-order chi connectivity index (χ1) is 9.32. The first-order valence-corrected chi connectivity index (χ1v) is 8.53. The van der Waals surface area contributed by atoms with E-state index in [1.165, 1.54) is 0 Å². The highest BCUT2D eigenvalue weighted by atomic mass is 32.2. The van der Waals surface area contributed by atoms with Crippen LogP contribution in [-0.4, -0.2) is 25.5 Å². The highest BCUT2D eigenvalue weighted by Crippen LogP contribution is 2.21. The molecule has 2 N–H and O–H groups in total. The number of hydrogen-bond donors (Lipinski definition) is 2. The Morgan fingerprint density at radius 2 is 1.95 bits per heavy atom. The third-order valence-corrected chi connectivity index (χ3v) is 4.62. The topological polar surface area (TPSA) is 71.1 Å². The van der Waals surface area contributed by atoms with Crippen molar-refractivity contribution in [2.45, 2.75) is 57.4 Å². The van der Waals surface area contributed by atoms with E-state index in [0.29, 0.717) is 12.4 Å². The largest absolute Gasteiger partial charge is 0.369 e. The highest BCUT2D eigenvalue weighted by molar-refractivity contribution is 7.89. The van der Waals surface area contributed by atoms with Gasteiger partial charge >= 0.3 is 0 Å². The van der Waals surface area contributed by atoms with Crippen LogP contribution in [0.2, 0.25) is 0 Å². The lowest BCUT2D eigenvalue weighted by atomic mass is 10.0. The summed E-state index contributed by atoms with van der Waals surface area (Å²) >= 11 is 0. The van der Waals surface area contributed by atoms with E-state index >= 15 is 0 Å². The molecule has 5 nitrogen and oxygen atoms in total. The molecular weight excluding hydrogens is 274 g/mol. The Labute approximate surface area is 122 Å². The normalized spacial score (nSPS) is 12.4. The van der Waals surface area contributed by atoms with Gasteiger partial charge in [-0.2, -0.15) is 0 Å². The van der Waals surface area contributed by atoms with Gasteiger partial charge in [-0.25, -0.2) is 18.1 Å². The van der Waals surface area contributed by atoms with Crippen molar-refractivity contribution in [3.63, 3.8) is 0 Å². The van der Waals surface area contributed by atoms with Crippen LogP contribution in [0.4, 0.5) is 5.82 Å². The second-order valence-electron chi connectivity index (χ2n) is 5.52. The smallest absolute Gasteiger partial charge is 0.244 e. The Balaban J connectivity index is 3.03. The summed E-state index contributed by atoms with van der Waals surface area (Å²) in [6, 6.07) is 3.22. The molecule has 1 aromatic heterocycles. The zero-order chi connectivity index (χ0) is 15.2. The molecule has 0 aliphatic rings. The van der Waals surface area contributed by atoms with Crippen LogP contribution in [0.3, 0.4) is 0 Å².